The van der Waals surface area contributed by atoms with Crippen LogP contribution in [0.2, 0.25) is 0 Å². The third-order valence-electron chi connectivity index (χ3n) is 3.56. The molecule has 0 heteroatoms. The number of rotatable bonds is 4. The fourth-order valence-electron chi connectivity index (χ4n) is 2.83. The Bertz CT molecular complexity index is 287. The second-order valence-electron chi connectivity index (χ2n) is 5.21. The highest BCUT2D eigenvalue weighted by Gasteiger charge is 2.25. The third kappa shape index (κ3) is 2.35. The van der Waals surface area contributed by atoms with E-state index in [2.05, 4.69) is 41.5 Å². The second-order valence-corrected chi connectivity index (χ2v) is 5.21. The van der Waals surface area contributed by atoms with Crippen molar-refractivity contribution in [2.75, 3.05) is 0 Å². The van der Waals surface area contributed by atoms with Crippen LogP contribution in [0.1, 0.15) is 60.8 Å². The number of allylic oxidation sites excluding steroid dienone is 4. The van der Waals surface area contributed by atoms with Crippen LogP contribution in [0.15, 0.2) is 22.3 Å². The van der Waals surface area contributed by atoms with Crippen LogP contribution in [-0.2, 0) is 0 Å². The Morgan fingerprint density at radius 1 is 0.933 bits per heavy atom. The molecule has 0 aromatic rings. The Kier molecular flexibility index (Phi) is 4.19. The molecule has 0 amide bonds. The maximum Gasteiger partial charge on any atom is -0.00940 e. The van der Waals surface area contributed by atoms with Gasteiger partial charge >= 0.3 is 0 Å². The molecule has 0 unspecified atom stereocenters. The van der Waals surface area contributed by atoms with E-state index in [9.17, 15) is 0 Å². The lowest BCUT2D eigenvalue weighted by atomic mass is 9.89. The van der Waals surface area contributed by atoms with E-state index in [1.165, 1.54) is 19.3 Å². The molecule has 0 saturated heterocycles. The summed E-state index contributed by atoms with van der Waals surface area (Å²) in [5.41, 5.74) is 6.77. The van der Waals surface area contributed by atoms with Crippen molar-refractivity contribution in [3.8, 4) is 0 Å². The van der Waals surface area contributed by atoms with Gasteiger partial charge < -0.3 is 0 Å². The lowest BCUT2D eigenvalue weighted by molar-refractivity contribution is 0.692. The van der Waals surface area contributed by atoms with Gasteiger partial charge in [0.25, 0.3) is 0 Å². The minimum atomic E-state index is 0.696. The highest BCUT2D eigenvalue weighted by Crippen LogP contribution is 2.42. The monoisotopic (exact) mass is 206 g/mol. The molecule has 0 heterocycles. The fraction of sp³-hybridized carbons (Fsp3) is 0.733. The molecule has 1 rings (SSSR count). The second kappa shape index (κ2) is 5.01. The van der Waals surface area contributed by atoms with Crippen LogP contribution in [0.3, 0.4) is 0 Å². The van der Waals surface area contributed by atoms with Gasteiger partial charge in [-0.3, -0.25) is 0 Å². The SMILES string of the molecule is CCC1=C(CC)C(C(C)C)=C(C(C)C)C1. The van der Waals surface area contributed by atoms with Crippen molar-refractivity contribution in [1.82, 2.24) is 0 Å². The standard InChI is InChI=1S/C15H26/c1-7-12-9-14(10(3)4)15(11(5)6)13(12)8-2/h10-11H,7-9H2,1-6H3. The lowest BCUT2D eigenvalue weighted by Gasteiger charge is -2.17. The smallest absolute Gasteiger partial charge is 0.00940 e. The third-order valence-corrected chi connectivity index (χ3v) is 3.56. The van der Waals surface area contributed by atoms with Gasteiger partial charge in [0, 0.05) is 0 Å². The van der Waals surface area contributed by atoms with Crippen molar-refractivity contribution in [2.24, 2.45) is 11.8 Å². The van der Waals surface area contributed by atoms with Crippen LogP contribution in [0.5, 0.6) is 0 Å². The molecular formula is C15H26. The van der Waals surface area contributed by atoms with E-state index in [1.54, 1.807) is 22.3 Å². The first-order valence-electron chi connectivity index (χ1n) is 6.47. The highest BCUT2D eigenvalue weighted by molar-refractivity contribution is 5.48. The molecule has 15 heavy (non-hydrogen) atoms. The Balaban J connectivity index is 3.13. The van der Waals surface area contributed by atoms with Crippen molar-refractivity contribution in [3.63, 3.8) is 0 Å². The molecule has 0 atom stereocenters. The number of hydrogen-bond donors (Lipinski definition) is 0. The summed E-state index contributed by atoms with van der Waals surface area (Å²) >= 11 is 0. The molecular weight excluding hydrogens is 180 g/mol. The van der Waals surface area contributed by atoms with E-state index >= 15 is 0 Å². The van der Waals surface area contributed by atoms with Gasteiger partial charge in [0.1, 0.15) is 0 Å². The summed E-state index contributed by atoms with van der Waals surface area (Å²) in [6.07, 6.45) is 3.70. The Labute approximate surface area is 95.5 Å². The largest absolute Gasteiger partial charge is 0.0629 e. The summed E-state index contributed by atoms with van der Waals surface area (Å²) in [5.74, 6) is 1.41. The molecule has 0 radical (unpaired) electrons. The fourth-order valence-corrected chi connectivity index (χ4v) is 2.83. The van der Waals surface area contributed by atoms with Gasteiger partial charge in [0.05, 0.1) is 0 Å². The summed E-state index contributed by atoms with van der Waals surface area (Å²) in [7, 11) is 0. The predicted octanol–water partition coefficient (Wildman–Crippen LogP) is 5.12. The minimum absolute atomic E-state index is 0.696. The van der Waals surface area contributed by atoms with Crippen LogP contribution in [0.25, 0.3) is 0 Å². The van der Waals surface area contributed by atoms with Gasteiger partial charge in [0.15, 0.2) is 0 Å². The van der Waals surface area contributed by atoms with Gasteiger partial charge in [-0.15, -0.1) is 0 Å². The Morgan fingerprint density at radius 2 is 1.53 bits per heavy atom. The zero-order chi connectivity index (χ0) is 11.6. The quantitative estimate of drug-likeness (QED) is 0.599. The summed E-state index contributed by atoms with van der Waals surface area (Å²) in [6.45, 7) is 14.0. The zero-order valence-corrected chi connectivity index (χ0v) is 11.3. The van der Waals surface area contributed by atoms with Crippen molar-refractivity contribution >= 4 is 0 Å². The molecule has 0 bridgehead atoms. The van der Waals surface area contributed by atoms with E-state index in [0.717, 1.165) is 0 Å². The van der Waals surface area contributed by atoms with Crippen LogP contribution in [0.4, 0.5) is 0 Å². The van der Waals surface area contributed by atoms with Crippen LogP contribution >= 0.6 is 0 Å². The molecule has 86 valence electrons. The van der Waals surface area contributed by atoms with Crippen LogP contribution in [-0.4, -0.2) is 0 Å². The van der Waals surface area contributed by atoms with Crippen molar-refractivity contribution in [3.05, 3.63) is 22.3 Å². The number of hydrogen-bond acceptors (Lipinski definition) is 0. The van der Waals surface area contributed by atoms with Crippen LogP contribution in [0, 0.1) is 11.8 Å². The Hall–Kier alpha value is -0.520. The average Bonchev–Trinajstić information content (AvgIpc) is 2.55. The summed E-state index contributed by atoms with van der Waals surface area (Å²) in [6, 6.07) is 0. The molecule has 0 aromatic carbocycles. The van der Waals surface area contributed by atoms with E-state index in [4.69, 9.17) is 0 Å². The van der Waals surface area contributed by atoms with E-state index in [1.807, 2.05) is 0 Å². The summed E-state index contributed by atoms with van der Waals surface area (Å²) in [5, 5.41) is 0. The first-order chi connectivity index (χ1) is 7.02. The topological polar surface area (TPSA) is 0 Å². The average molecular weight is 206 g/mol. The van der Waals surface area contributed by atoms with Crippen molar-refractivity contribution < 1.29 is 0 Å². The molecule has 1 aliphatic rings. The predicted molar refractivity (Wildman–Crippen MR) is 68.9 cm³/mol. The van der Waals surface area contributed by atoms with E-state index in [-0.39, 0.29) is 0 Å². The molecule has 1 aliphatic carbocycles. The summed E-state index contributed by atoms with van der Waals surface area (Å²) < 4.78 is 0. The van der Waals surface area contributed by atoms with Gasteiger partial charge in [-0.2, -0.15) is 0 Å². The van der Waals surface area contributed by atoms with E-state index in [0.29, 0.717) is 11.8 Å². The van der Waals surface area contributed by atoms with Crippen LogP contribution < -0.4 is 0 Å². The maximum atomic E-state index is 2.34. The van der Waals surface area contributed by atoms with Gasteiger partial charge in [-0.1, -0.05) is 52.7 Å². The van der Waals surface area contributed by atoms with Crippen molar-refractivity contribution in [2.45, 2.75) is 60.8 Å². The molecule has 0 aromatic heterocycles. The molecule has 0 fully saturated rings. The Morgan fingerprint density at radius 3 is 1.87 bits per heavy atom. The van der Waals surface area contributed by atoms with Gasteiger partial charge in [-0.25, -0.2) is 0 Å². The first kappa shape index (κ1) is 12.5. The molecule has 0 saturated carbocycles. The first-order valence-corrected chi connectivity index (χ1v) is 6.47. The molecule has 0 N–H and O–H groups in total. The highest BCUT2D eigenvalue weighted by atomic mass is 14.3. The van der Waals surface area contributed by atoms with Crippen molar-refractivity contribution in [1.29, 1.82) is 0 Å². The normalized spacial score (nSPS) is 17.6. The molecule has 0 aliphatic heterocycles. The maximum absolute atomic E-state index is 2.34. The van der Waals surface area contributed by atoms with Gasteiger partial charge in [-0.05, 0) is 42.2 Å². The minimum Gasteiger partial charge on any atom is -0.0629 e. The lowest BCUT2D eigenvalue weighted by Crippen LogP contribution is -2.02. The molecule has 0 spiro atoms. The van der Waals surface area contributed by atoms with Gasteiger partial charge in [0.2, 0.25) is 0 Å². The van der Waals surface area contributed by atoms with E-state index < -0.39 is 0 Å². The summed E-state index contributed by atoms with van der Waals surface area (Å²) in [4.78, 5) is 0. The molecule has 0 nitrogen and oxygen atoms in total. The zero-order valence-electron chi connectivity index (χ0n) is 11.3.